The van der Waals surface area contributed by atoms with Gasteiger partial charge in [0.15, 0.2) is 17.7 Å². The lowest BCUT2D eigenvalue weighted by atomic mass is 10.1. The zero-order valence-electron chi connectivity index (χ0n) is 20.7. The number of rotatable bonds is 10. The normalized spacial score (nSPS) is 25.2. The highest BCUT2D eigenvalue weighted by Crippen LogP contribution is 2.67. The molecule has 3 heterocycles. The average molecular weight is 668 g/mol. The van der Waals surface area contributed by atoms with Crippen LogP contribution in [0.1, 0.15) is 6.23 Å². The maximum atomic E-state index is 12.5. The van der Waals surface area contributed by atoms with E-state index in [4.69, 9.17) is 26.6 Å². The number of phosphoric ester groups is 2. The van der Waals surface area contributed by atoms with Crippen molar-refractivity contribution >= 4 is 62.8 Å². The fourth-order valence-electron chi connectivity index (χ4n) is 4.08. The van der Waals surface area contributed by atoms with Crippen LogP contribution in [-0.2, 0) is 31.6 Å². The lowest BCUT2D eigenvalue weighted by molar-refractivity contribution is -0.0503. The molecule has 42 heavy (non-hydrogen) atoms. The SMILES string of the molecule is Nc1ncnc2c1ncn2[C@@H]1O[C@H](COP(=O)(O)OP(=O)(O)OP(=O)(O)Oc2ccc(Cl)c3ccccc23)[C@@H](O)[C@H]1O. The van der Waals surface area contributed by atoms with Gasteiger partial charge in [-0.25, -0.2) is 28.6 Å². The van der Waals surface area contributed by atoms with Gasteiger partial charge in [-0.1, -0.05) is 35.9 Å². The molecule has 7 atom stereocenters. The Morgan fingerprint density at radius 1 is 0.929 bits per heavy atom. The third-order valence-corrected chi connectivity index (χ3v) is 10.4. The number of nitrogen functional groups attached to an aromatic ring is 1. The molecule has 0 saturated carbocycles. The van der Waals surface area contributed by atoms with E-state index in [-0.39, 0.29) is 33.1 Å². The zero-order valence-corrected chi connectivity index (χ0v) is 24.2. The Kier molecular flexibility index (Phi) is 8.48. The second-order valence-corrected chi connectivity index (χ2v) is 13.6. The molecule has 1 aliphatic rings. The molecule has 0 spiro atoms. The van der Waals surface area contributed by atoms with Gasteiger partial charge in [-0.05, 0) is 12.1 Å². The lowest BCUT2D eigenvalue weighted by Gasteiger charge is -2.20. The van der Waals surface area contributed by atoms with E-state index in [2.05, 4.69) is 28.1 Å². The number of hydrogen-bond acceptors (Lipinski definition) is 14. The first-order chi connectivity index (χ1) is 19.7. The van der Waals surface area contributed by atoms with Crippen molar-refractivity contribution in [2.24, 2.45) is 0 Å². The van der Waals surface area contributed by atoms with Crippen LogP contribution in [0.4, 0.5) is 5.82 Å². The predicted molar refractivity (Wildman–Crippen MR) is 143 cm³/mol. The minimum atomic E-state index is -5.81. The summed E-state index contributed by atoms with van der Waals surface area (Å²) in [5.74, 6) is -0.218. The van der Waals surface area contributed by atoms with E-state index < -0.39 is 54.6 Å². The number of fused-ring (bicyclic) bond motifs is 2. The van der Waals surface area contributed by atoms with Gasteiger partial charge in [-0.15, -0.1) is 0 Å². The first-order valence-corrected chi connectivity index (χ1v) is 16.4. The van der Waals surface area contributed by atoms with E-state index >= 15 is 0 Å². The number of hydrogen-bond donors (Lipinski definition) is 6. The van der Waals surface area contributed by atoms with Gasteiger partial charge >= 0.3 is 23.5 Å². The molecule has 1 saturated heterocycles. The van der Waals surface area contributed by atoms with Gasteiger partial charge in [0.05, 0.1) is 12.9 Å². The van der Waals surface area contributed by atoms with Crippen molar-refractivity contribution in [3.05, 3.63) is 54.1 Å². The molecule has 18 nitrogen and oxygen atoms in total. The Morgan fingerprint density at radius 2 is 1.62 bits per heavy atom. The molecule has 0 aliphatic carbocycles. The second kappa shape index (κ2) is 11.5. The molecule has 1 fully saturated rings. The number of phosphoric acid groups is 3. The Morgan fingerprint density at radius 3 is 2.36 bits per heavy atom. The third-order valence-electron chi connectivity index (χ3n) is 5.86. The molecule has 5 rings (SSSR count). The number of aliphatic hydroxyl groups is 2. The molecule has 2 aromatic heterocycles. The number of nitrogens with two attached hydrogens (primary N) is 1. The van der Waals surface area contributed by atoms with Crippen molar-refractivity contribution in [2.45, 2.75) is 24.5 Å². The van der Waals surface area contributed by atoms with Gasteiger partial charge in [0, 0.05) is 15.8 Å². The van der Waals surface area contributed by atoms with Gasteiger partial charge in [0.25, 0.3) is 0 Å². The van der Waals surface area contributed by atoms with Gasteiger partial charge in [0.2, 0.25) is 0 Å². The Hall–Kier alpha value is -2.53. The first kappa shape index (κ1) is 30.9. The molecular formula is C20H21ClN5O13P3. The highest BCUT2D eigenvalue weighted by Gasteiger charge is 2.47. The number of imidazole rings is 1. The summed E-state index contributed by atoms with van der Waals surface area (Å²) in [6, 6.07) is 8.82. The number of benzene rings is 2. The molecular weight excluding hydrogens is 647 g/mol. The number of aromatic nitrogens is 4. The Bertz CT molecular complexity index is 1790. The largest absolute Gasteiger partial charge is 0.536 e. The van der Waals surface area contributed by atoms with Gasteiger partial charge in [0.1, 0.15) is 35.9 Å². The Balaban J connectivity index is 1.22. The minimum Gasteiger partial charge on any atom is -0.403 e. The summed E-state index contributed by atoms with van der Waals surface area (Å²) in [5, 5.41) is 21.8. The van der Waals surface area contributed by atoms with Crippen LogP contribution in [-0.4, -0.2) is 69.3 Å². The highest BCUT2D eigenvalue weighted by molar-refractivity contribution is 7.67. The first-order valence-electron chi connectivity index (χ1n) is 11.5. The van der Waals surface area contributed by atoms with E-state index in [1.807, 2.05) is 0 Å². The van der Waals surface area contributed by atoms with E-state index in [1.54, 1.807) is 18.2 Å². The van der Waals surface area contributed by atoms with Crippen LogP contribution in [0.2, 0.25) is 5.02 Å². The monoisotopic (exact) mass is 667 g/mol. The van der Waals surface area contributed by atoms with Crippen molar-refractivity contribution in [3.63, 3.8) is 0 Å². The van der Waals surface area contributed by atoms with Crippen molar-refractivity contribution in [1.29, 1.82) is 0 Å². The number of nitrogens with zero attached hydrogens (tertiary/aromatic N) is 4. The number of anilines is 1. The topological polar surface area (TPSA) is 268 Å². The predicted octanol–water partition coefficient (Wildman–Crippen LogP) is 2.26. The summed E-state index contributed by atoms with van der Waals surface area (Å²) in [7, 11) is -16.8. The van der Waals surface area contributed by atoms with Crippen molar-refractivity contribution in [3.8, 4) is 5.75 Å². The smallest absolute Gasteiger partial charge is 0.403 e. The molecule has 3 unspecified atom stereocenters. The van der Waals surface area contributed by atoms with E-state index in [9.17, 15) is 38.6 Å². The summed E-state index contributed by atoms with van der Waals surface area (Å²) in [4.78, 5) is 41.7. The lowest BCUT2D eigenvalue weighted by Crippen LogP contribution is -2.33. The van der Waals surface area contributed by atoms with Crippen molar-refractivity contribution in [1.82, 2.24) is 19.5 Å². The summed E-state index contributed by atoms with van der Waals surface area (Å²) >= 11 is 6.09. The average Bonchev–Trinajstić information content (AvgIpc) is 3.45. The third kappa shape index (κ3) is 6.51. The van der Waals surface area contributed by atoms with Crippen molar-refractivity contribution < 1.29 is 61.0 Å². The number of ether oxygens (including phenoxy) is 1. The summed E-state index contributed by atoms with van der Waals surface area (Å²) in [6.45, 7) is -0.962. The quantitative estimate of drug-likeness (QED) is 0.132. The maximum absolute atomic E-state index is 12.5. The standard InChI is InChI=1S/C20H21ClN5O13P3/c21-12-5-6-13(11-4-2-1-3-10(11)12)37-41(31,32)39-42(33,34)38-40(29,30)35-7-14-16(27)17(28)20(36-14)26-9-25-15-18(22)23-8-24-19(15)26/h1-6,8-9,14,16-17,20,27-28H,7H2,(H,29,30)(H,31,32)(H,33,34)(H2,22,23,24)/t14-,16-,17-,20-/m1/s1. The molecule has 1 aliphatic heterocycles. The zero-order chi connectivity index (χ0) is 30.4. The molecule has 0 radical (unpaired) electrons. The fourth-order valence-corrected chi connectivity index (χ4v) is 7.84. The summed E-state index contributed by atoms with van der Waals surface area (Å²) in [5.41, 5.74) is 6.07. The maximum Gasteiger partial charge on any atom is 0.536 e. The van der Waals surface area contributed by atoms with Crippen LogP contribution in [0.3, 0.4) is 0 Å². The van der Waals surface area contributed by atoms with Crippen LogP contribution in [0.25, 0.3) is 21.9 Å². The van der Waals surface area contributed by atoms with Crippen LogP contribution in [0, 0.1) is 0 Å². The summed E-state index contributed by atoms with van der Waals surface area (Å²) in [6.07, 6.45) is -3.74. The molecule has 22 heteroatoms. The fraction of sp³-hybridized carbons (Fsp3) is 0.250. The van der Waals surface area contributed by atoms with E-state index in [0.29, 0.717) is 5.39 Å². The van der Waals surface area contributed by atoms with Gasteiger partial charge < -0.3 is 35.0 Å². The second-order valence-electron chi connectivity index (χ2n) is 8.68. The molecule has 2 aromatic carbocycles. The van der Waals surface area contributed by atoms with Gasteiger partial charge in [-0.2, -0.15) is 8.62 Å². The molecule has 4 aromatic rings. The molecule has 226 valence electrons. The van der Waals surface area contributed by atoms with E-state index in [0.717, 1.165) is 6.33 Å². The molecule has 7 N–H and O–H groups in total. The molecule has 0 bridgehead atoms. The van der Waals surface area contributed by atoms with Gasteiger partial charge in [-0.3, -0.25) is 14.0 Å². The number of aliphatic hydroxyl groups excluding tert-OH is 2. The summed E-state index contributed by atoms with van der Waals surface area (Å²) < 4.78 is 61.7. The molecule has 0 amide bonds. The van der Waals surface area contributed by atoms with E-state index in [1.165, 1.54) is 29.1 Å². The van der Waals surface area contributed by atoms with Crippen LogP contribution in [0.5, 0.6) is 5.75 Å². The van der Waals surface area contributed by atoms with Crippen LogP contribution < -0.4 is 10.3 Å². The highest BCUT2D eigenvalue weighted by atomic mass is 35.5. The van der Waals surface area contributed by atoms with Crippen LogP contribution in [0.15, 0.2) is 49.1 Å². The van der Waals surface area contributed by atoms with Crippen molar-refractivity contribution in [2.75, 3.05) is 12.3 Å². The number of halogens is 1. The van der Waals surface area contributed by atoms with Crippen LogP contribution >= 0.6 is 35.1 Å². The Labute approximate surface area is 240 Å². The minimum absolute atomic E-state index is 0.0417.